The first-order valence-electron chi connectivity index (χ1n) is 8.14. The van der Waals surface area contributed by atoms with E-state index in [9.17, 15) is 4.79 Å². The first-order chi connectivity index (χ1) is 12.3. The minimum Gasteiger partial charge on any atom is -0.334 e. The molecule has 4 rings (SSSR count). The van der Waals surface area contributed by atoms with Crippen molar-refractivity contribution in [1.82, 2.24) is 40.2 Å². The molecule has 25 heavy (non-hydrogen) atoms. The molecule has 0 aliphatic carbocycles. The molecule has 0 unspecified atom stereocenters. The van der Waals surface area contributed by atoms with Gasteiger partial charge in [0.05, 0.1) is 12.6 Å². The van der Waals surface area contributed by atoms with Crippen LogP contribution in [0.15, 0.2) is 43.1 Å². The molecule has 1 aliphatic rings. The summed E-state index contributed by atoms with van der Waals surface area (Å²) >= 11 is 0. The number of hydrogen-bond donors (Lipinski definition) is 2. The molecule has 0 fully saturated rings. The van der Waals surface area contributed by atoms with Crippen LogP contribution in [0, 0.1) is 0 Å². The maximum atomic E-state index is 12.1. The number of nitrogens with one attached hydrogen (secondary N) is 2. The predicted molar refractivity (Wildman–Crippen MR) is 88.9 cm³/mol. The number of amides is 2. The van der Waals surface area contributed by atoms with Crippen molar-refractivity contribution in [1.29, 1.82) is 0 Å². The quantitative estimate of drug-likeness (QED) is 0.728. The molecule has 128 valence electrons. The highest BCUT2D eigenvalue weighted by Gasteiger charge is 2.21. The summed E-state index contributed by atoms with van der Waals surface area (Å²) in [4.78, 5) is 20.6. The Labute approximate surface area is 144 Å². The van der Waals surface area contributed by atoms with E-state index in [1.54, 1.807) is 23.4 Å². The molecule has 0 saturated heterocycles. The molecule has 1 atom stereocenters. The van der Waals surface area contributed by atoms with Crippen molar-refractivity contribution < 1.29 is 4.79 Å². The van der Waals surface area contributed by atoms with Crippen molar-refractivity contribution in [3.05, 3.63) is 54.5 Å². The lowest BCUT2D eigenvalue weighted by Gasteiger charge is -2.23. The minimum absolute atomic E-state index is 0.0614. The number of aryl methyl sites for hydroxylation is 1. The highest BCUT2D eigenvalue weighted by molar-refractivity contribution is 5.74. The van der Waals surface area contributed by atoms with Gasteiger partial charge < -0.3 is 10.6 Å². The minimum atomic E-state index is -0.189. The topological polar surface area (TPSA) is 103 Å². The second-order valence-corrected chi connectivity index (χ2v) is 5.89. The molecule has 4 heterocycles. The van der Waals surface area contributed by atoms with Gasteiger partial charge in [0.25, 0.3) is 0 Å². The van der Waals surface area contributed by atoms with Gasteiger partial charge in [-0.3, -0.25) is 0 Å². The van der Waals surface area contributed by atoms with E-state index < -0.39 is 0 Å². The second kappa shape index (κ2) is 6.71. The number of fused-ring (bicyclic) bond motifs is 1. The normalized spacial score (nSPS) is 16.2. The number of carbonyl (C=O) groups is 1. The number of carbonyl (C=O) groups excluding carboxylic acids is 1. The third-order valence-electron chi connectivity index (χ3n) is 4.14. The van der Waals surface area contributed by atoms with E-state index in [1.807, 2.05) is 29.1 Å². The fourth-order valence-electron chi connectivity index (χ4n) is 2.87. The van der Waals surface area contributed by atoms with E-state index in [1.165, 1.54) is 0 Å². The van der Waals surface area contributed by atoms with E-state index in [4.69, 9.17) is 0 Å². The molecule has 9 heteroatoms. The number of nitrogens with zero attached hydrogens (tertiary/aromatic N) is 6. The van der Waals surface area contributed by atoms with Crippen LogP contribution in [0.1, 0.15) is 17.8 Å². The lowest BCUT2D eigenvalue weighted by atomic mass is 10.1. The van der Waals surface area contributed by atoms with Gasteiger partial charge in [0, 0.05) is 31.6 Å². The average molecular weight is 338 g/mol. The maximum absolute atomic E-state index is 12.1. The monoisotopic (exact) mass is 338 g/mol. The second-order valence-electron chi connectivity index (χ2n) is 5.89. The zero-order chi connectivity index (χ0) is 17.1. The van der Waals surface area contributed by atoms with E-state index >= 15 is 0 Å². The lowest BCUT2D eigenvalue weighted by molar-refractivity contribution is 0.231. The molecule has 0 aromatic carbocycles. The Hall–Kier alpha value is -3.23. The van der Waals surface area contributed by atoms with Gasteiger partial charge in [-0.2, -0.15) is 10.2 Å². The molecular weight excluding hydrogens is 320 g/mol. The molecular formula is C16H18N8O. The standard InChI is InChI=1S/C16H18N8O/c25-16(22-13-2-3-14-19-11-21-24(14)10-13)18-9-12-4-6-17-15(8-12)23-7-1-5-20-23/h1,4-8,11,13H,2-3,9-10H2,(H2,18,22,25)/t13-/m1/s1. The fraction of sp³-hybridized carbons (Fsp3) is 0.312. The molecule has 2 amide bonds. The number of urea groups is 1. The Morgan fingerprint density at radius 3 is 3.12 bits per heavy atom. The molecule has 0 radical (unpaired) electrons. The fourth-order valence-corrected chi connectivity index (χ4v) is 2.87. The van der Waals surface area contributed by atoms with Crippen molar-refractivity contribution in [2.45, 2.75) is 32.0 Å². The van der Waals surface area contributed by atoms with Crippen molar-refractivity contribution in [3.63, 3.8) is 0 Å². The van der Waals surface area contributed by atoms with Gasteiger partial charge in [-0.15, -0.1) is 0 Å². The van der Waals surface area contributed by atoms with E-state index in [0.29, 0.717) is 13.1 Å². The van der Waals surface area contributed by atoms with E-state index in [2.05, 4.69) is 30.8 Å². The van der Waals surface area contributed by atoms with Crippen molar-refractivity contribution in [3.8, 4) is 5.82 Å². The summed E-state index contributed by atoms with van der Waals surface area (Å²) in [5.74, 6) is 1.69. The van der Waals surface area contributed by atoms with Crippen molar-refractivity contribution in [2.75, 3.05) is 0 Å². The maximum Gasteiger partial charge on any atom is 0.315 e. The van der Waals surface area contributed by atoms with Crippen LogP contribution in [-0.2, 0) is 19.5 Å². The van der Waals surface area contributed by atoms with E-state index in [-0.39, 0.29) is 12.1 Å². The van der Waals surface area contributed by atoms with Crippen molar-refractivity contribution in [2.24, 2.45) is 0 Å². The zero-order valence-electron chi connectivity index (χ0n) is 13.5. The predicted octanol–water partition coefficient (Wildman–Crippen LogP) is 0.673. The van der Waals surface area contributed by atoms with Crippen LogP contribution in [-0.4, -0.2) is 41.6 Å². The molecule has 2 N–H and O–H groups in total. The van der Waals surface area contributed by atoms with Crippen LogP contribution in [0.4, 0.5) is 4.79 Å². The Kier molecular flexibility index (Phi) is 4.11. The number of aromatic nitrogens is 6. The van der Waals surface area contributed by atoms with Gasteiger partial charge in [-0.1, -0.05) is 0 Å². The van der Waals surface area contributed by atoms with Gasteiger partial charge in [0.15, 0.2) is 5.82 Å². The number of rotatable bonds is 4. The largest absolute Gasteiger partial charge is 0.334 e. The average Bonchev–Trinajstić information content (AvgIpc) is 3.31. The van der Waals surface area contributed by atoms with Crippen LogP contribution < -0.4 is 10.6 Å². The third-order valence-corrected chi connectivity index (χ3v) is 4.14. The first-order valence-corrected chi connectivity index (χ1v) is 8.14. The Balaban J connectivity index is 1.31. The summed E-state index contributed by atoms with van der Waals surface area (Å²) in [6.45, 7) is 1.07. The summed E-state index contributed by atoms with van der Waals surface area (Å²) in [5.41, 5.74) is 0.956. The molecule has 0 saturated carbocycles. The number of hydrogen-bond acceptors (Lipinski definition) is 5. The van der Waals surface area contributed by atoms with Crippen LogP contribution in [0.25, 0.3) is 5.82 Å². The Bertz CT molecular complexity index is 857. The summed E-state index contributed by atoms with van der Waals surface area (Å²) in [7, 11) is 0. The molecule has 0 bridgehead atoms. The lowest BCUT2D eigenvalue weighted by Crippen LogP contribution is -2.45. The van der Waals surface area contributed by atoms with Crippen LogP contribution in [0.2, 0.25) is 0 Å². The SMILES string of the molecule is O=C(NCc1ccnc(-n2cccn2)c1)N[C@@H]1CCc2ncnn2C1. The molecule has 9 nitrogen and oxygen atoms in total. The van der Waals surface area contributed by atoms with Gasteiger partial charge in [0.2, 0.25) is 0 Å². The van der Waals surface area contributed by atoms with Crippen molar-refractivity contribution >= 4 is 6.03 Å². The Morgan fingerprint density at radius 2 is 2.24 bits per heavy atom. The molecule has 3 aromatic heterocycles. The van der Waals surface area contributed by atoms with E-state index in [0.717, 1.165) is 30.0 Å². The van der Waals surface area contributed by atoms with Crippen LogP contribution in [0.3, 0.4) is 0 Å². The van der Waals surface area contributed by atoms with Gasteiger partial charge in [-0.25, -0.2) is 24.1 Å². The first kappa shape index (κ1) is 15.3. The van der Waals surface area contributed by atoms with Gasteiger partial charge >= 0.3 is 6.03 Å². The van der Waals surface area contributed by atoms with Crippen LogP contribution in [0.5, 0.6) is 0 Å². The summed E-state index contributed by atoms with van der Waals surface area (Å²) in [6, 6.07) is 5.48. The summed E-state index contributed by atoms with van der Waals surface area (Å²) in [6.07, 6.45) is 8.48. The molecule has 1 aliphatic heterocycles. The Morgan fingerprint density at radius 1 is 1.28 bits per heavy atom. The summed E-state index contributed by atoms with van der Waals surface area (Å²) in [5, 5.41) is 14.2. The third kappa shape index (κ3) is 3.49. The van der Waals surface area contributed by atoms with Crippen LogP contribution >= 0.6 is 0 Å². The van der Waals surface area contributed by atoms with Gasteiger partial charge in [0.1, 0.15) is 12.2 Å². The van der Waals surface area contributed by atoms with Gasteiger partial charge in [-0.05, 0) is 30.2 Å². The smallest absolute Gasteiger partial charge is 0.315 e. The molecule has 0 spiro atoms. The zero-order valence-corrected chi connectivity index (χ0v) is 13.5. The highest BCUT2D eigenvalue weighted by Crippen LogP contribution is 2.11. The summed E-state index contributed by atoms with van der Waals surface area (Å²) < 4.78 is 3.52. The highest BCUT2D eigenvalue weighted by atomic mass is 16.2. The molecule has 3 aromatic rings. The number of pyridine rings is 1.